The van der Waals surface area contributed by atoms with Gasteiger partial charge in [-0.3, -0.25) is 0 Å². The summed E-state index contributed by atoms with van der Waals surface area (Å²) in [4.78, 5) is 11.9. The van der Waals surface area contributed by atoms with E-state index in [0.717, 1.165) is 15.8 Å². The lowest BCUT2D eigenvalue weighted by molar-refractivity contribution is 0.0556. The molecule has 6 nitrogen and oxygen atoms in total. The lowest BCUT2D eigenvalue weighted by Crippen LogP contribution is -2.04. The number of thioether (sulfide) groups is 1. The summed E-state index contributed by atoms with van der Waals surface area (Å²) in [7, 11) is 0. The van der Waals surface area contributed by atoms with E-state index >= 15 is 0 Å². The van der Waals surface area contributed by atoms with Crippen molar-refractivity contribution >= 4 is 33.7 Å². The third kappa shape index (κ3) is 6.38. The van der Waals surface area contributed by atoms with Crippen LogP contribution in [0.2, 0.25) is 0 Å². The summed E-state index contributed by atoms with van der Waals surface area (Å²) in [6, 6.07) is 14.4. The molecule has 0 aliphatic carbocycles. The molecule has 0 spiro atoms. The van der Waals surface area contributed by atoms with E-state index in [1.807, 2.05) is 31.2 Å². The quantitative estimate of drug-likeness (QED) is 0.276. The summed E-state index contributed by atoms with van der Waals surface area (Å²) < 4.78 is 17.0. The van der Waals surface area contributed by atoms with Gasteiger partial charge in [0, 0.05) is 10.0 Å². The van der Waals surface area contributed by atoms with Crippen LogP contribution in [0.5, 0.6) is 5.75 Å². The zero-order chi connectivity index (χ0) is 20.5. The average molecular weight is 473 g/mol. The van der Waals surface area contributed by atoms with Gasteiger partial charge in [-0.05, 0) is 55.5 Å². The molecule has 1 aromatic heterocycles. The van der Waals surface area contributed by atoms with Gasteiger partial charge < -0.3 is 13.9 Å². The van der Waals surface area contributed by atoms with Crippen LogP contribution in [0, 0.1) is 11.8 Å². The summed E-state index contributed by atoms with van der Waals surface area (Å²) in [6.07, 6.45) is 0. The number of nitrogens with zero attached hydrogens (tertiary/aromatic N) is 2. The highest BCUT2D eigenvalue weighted by Gasteiger charge is 2.09. The Morgan fingerprint density at radius 3 is 2.59 bits per heavy atom. The monoisotopic (exact) mass is 472 g/mol. The molecule has 0 saturated carbocycles. The van der Waals surface area contributed by atoms with E-state index in [2.05, 4.69) is 38.0 Å². The molecule has 0 radical (unpaired) electrons. The van der Waals surface area contributed by atoms with Crippen molar-refractivity contribution in [3.63, 3.8) is 0 Å². The van der Waals surface area contributed by atoms with E-state index in [1.54, 1.807) is 24.3 Å². The third-order valence-corrected chi connectivity index (χ3v) is 4.80. The minimum absolute atomic E-state index is 0.0245. The van der Waals surface area contributed by atoms with Crippen molar-refractivity contribution in [3.05, 3.63) is 58.6 Å². The summed E-state index contributed by atoms with van der Waals surface area (Å²) in [5, 5.41) is 8.47. The molecular weight excluding hydrogens is 456 g/mol. The summed E-state index contributed by atoms with van der Waals surface area (Å²) >= 11 is 4.64. The van der Waals surface area contributed by atoms with Gasteiger partial charge in [-0.25, -0.2) is 4.79 Å². The number of ether oxygens (including phenoxy) is 2. The highest BCUT2D eigenvalue weighted by atomic mass is 79.9. The Hall–Kier alpha value is -2.76. The fourth-order valence-corrected chi connectivity index (χ4v) is 3.01. The fourth-order valence-electron chi connectivity index (χ4n) is 2.22. The Morgan fingerprint density at radius 2 is 1.86 bits per heavy atom. The van der Waals surface area contributed by atoms with Crippen LogP contribution < -0.4 is 4.74 Å². The van der Waals surface area contributed by atoms with Gasteiger partial charge in [-0.2, -0.15) is 0 Å². The van der Waals surface area contributed by atoms with Gasteiger partial charge in [0.2, 0.25) is 5.89 Å². The Morgan fingerprint density at radius 1 is 1.10 bits per heavy atom. The molecule has 3 rings (SSSR count). The van der Waals surface area contributed by atoms with E-state index in [-0.39, 0.29) is 6.61 Å². The normalized spacial score (nSPS) is 10.1. The predicted molar refractivity (Wildman–Crippen MR) is 114 cm³/mol. The second-order valence-electron chi connectivity index (χ2n) is 5.56. The molecule has 148 valence electrons. The van der Waals surface area contributed by atoms with Crippen LogP contribution >= 0.6 is 27.7 Å². The zero-order valence-electron chi connectivity index (χ0n) is 15.6. The molecular formula is C21H17BrN2O4S. The van der Waals surface area contributed by atoms with Gasteiger partial charge >= 0.3 is 5.97 Å². The van der Waals surface area contributed by atoms with Crippen LogP contribution in [0.1, 0.15) is 17.3 Å². The van der Waals surface area contributed by atoms with E-state index in [9.17, 15) is 4.79 Å². The third-order valence-electron chi connectivity index (χ3n) is 3.57. The largest absolute Gasteiger partial charge is 0.494 e. The lowest BCUT2D eigenvalue weighted by atomic mass is 10.2. The van der Waals surface area contributed by atoms with Gasteiger partial charge in [0.25, 0.3) is 5.22 Å². The van der Waals surface area contributed by atoms with Crippen LogP contribution in [-0.4, -0.2) is 35.1 Å². The van der Waals surface area contributed by atoms with Crippen LogP contribution in [0.25, 0.3) is 11.5 Å². The van der Waals surface area contributed by atoms with Crippen LogP contribution in [0.15, 0.2) is 62.6 Å². The maximum Gasteiger partial charge on any atom is 0.339 e. The van der Waals surface area contributed by atoms with Crippen LogP contribution in [-0.2, 0) is 4.74 Å². The number of rotatable bonds is 7. The molecule has 0 unspecified atom stereocenters. The lowest BCUT2D eigenvalue weighted by Gasteiger charge is -2.02. The topological polar surface area (TPSA) is 74.5 Å². The highest BCUT2D eigenvalue weighted by Crippen LogP contribution is 2.24. The average Bonchev–Trinajstić information content (AvgIpc) is 3.20. The molecule has 0 amide bonds. The maximum atomic E-state index is 11.9. The van der Waals surface area contributed by atoms with E-state index in [0.29, 0.717) is 29.0 Å². The number of halogens is 1. The van der Waals surface area contributed by atoms with Gasteiger partial charge in [0.15, 0.2) is 6.61 Å². The summed E-state index contributed by atoms with van der Waals surface area (Å²) in [6.45, 7) is 2.58. The van der Waals surface area contributed by atoms with Crippen LogP contribution in [0.4, 0.5) is 0 Å². The summed E-state index contributed by atoms with van der Waals surface area (Å²) in [5.41, 5.74) is 1.30. The number of esters is 1. The molecule has 0 N–H and O–H groups in total. The molecule has 29 heavy (non-hydrogen) atoms. The number of benzene rings is 2. The second-order valence-corrected chi connectivity index (χ2v) is 7.40. The van der Waals surface area contributed by atoms with Crippen molar-refractivity contribution in [2.75, 3.05) is 19.0 Å². The van der Waals surface area contributed by atoms with Crippen molar-refractivity contribution in [3.8, 4) is 29.0 Å². The smallest absolute Gasteiger partial charge is 0.339 e. The number of carbonyl (C=O) groups is 1. The Balaban J connectivity index is 1.43. The van der Waals surface area contributed by atoms with E-state index < -0.39 is 5.97 Å². The first kappa shape index (κ1) is 21.0. The van der Waals surface area contributed by atoms with Crippen LogP contribution in [0.3, 0.4) is 0 Å². The predicted octanol–water partition coefficient (Wildman–Crippen LogP) is 4.85. The number of aromatic nitrogens is 2. The Bertz CT molecular complexity index is 1010. The Kier molecular flexibility index (Phi) is 7.73. The molecule has 2 aromatic carbocycles. The van der Waals surface area contributed by atoms with Crippen molar-refractivity contribution < 1.29 is 18.7 Å². The first-order valence-electron chi connectivity index (χ1n) is 8.73. The molecule has 0 atom stereocenters. The molecule has 0 saturated heterocycles. The van der Waals surface area contributed by atoms with Crippen molar-refractivity contribution in [2.45, 2.75) is 12.1 Å². The number of carbonyl (C=O) groups excluding carboxylic acids is 1. The van der Waals surface area contributed by atoms with Crippen molar-refractivity contribution in [1.29, 1.82) is 0 Å². The number of hydrogen-bond donors (Lipinski definition) is 0. The van der Waals surface area contributed by atoms with Crippen molar-refractivity contribution in [1.82, 2.24) is 10.2 Å². The first-order valence-corrected chi connectivity index (χ1v) is 10.5. The van der Waals surface area contributed by atoms with Gasteiger partial charge in [0.1, 0.15) is 5.75 Å². The minimum atomic E-state index is -0.406. The van der Waals surface area contributed by atoms with Crippen molar-refractivity contribution in [2.24, 2.45) is 0 Å². The second kappa shape index (κ2) is 10.7. The Labute approximate surface area is 181 Å². The number of hydrogen-bond acceptors (Lipinski definition) is 7. The molecule has 1 heterocycles. The molecule has 3 aromatic rings. The molecule has 0 fully saturated rings. The SMILES string of the molecule is CCOc1ccc(-c2nnc(SCC#CCOC(=O)c3ccc(Br)cc3)o2)cc1. The molecule has 0 aliphatic rings. The molecule has 0 aliphatic heterocycles. The first-order chi connectivity index (χ1) is 14.2. The zero-order valence-corrected chi connectivity index (χ0v) is 18.0. The van der Waals surface area contributed by atoms with Gasteiger partial charge in [0.05, 0.1) is 17.9 Å². The van der Waals surface area contributed by atoms with Gasteiger partial charge in [-0.1, -0.05) is 39.5 Å². The fraction of sp³-hybridized carbons (Fsp3) is 0.190. The van der Waals surface area contributed by atoms with E-state index in [1.165, 1.54) is 11.8 Å². The van der Waals surface area contributed by atoms with Gasteiger partial charge in [-0.15, -0.1) is 10.2 Å². The standard InChI is InChI=1S/C21H17BrN2O4S/c1-2-26-18-11-7-15(8-12-18)19-23-24-21(28-19)29-14-4-3-13-27-20(25)16-5-9-17(22)10-6-16/h5-12H,2,13-14H2,1H3. The minimum Gasteiger partial charge on any atom is -0.494 e. The molecule has 0 bridgehead atoms. The molecule has 8 heteroatoms. The highest BCUT2D eigenvalue weighted by molar-refractivity contribution is 9.10. The van der Waals surface area contributed by atoms with E-state index in [4.69, 9.17) is 13.9 Å². The maximum absolute atomic E-state index is 11.9. The summed E-state index contributed by atoms with van der Waals surface area (Å²) in [5.74, 6) is 6.97.